The molecule has 0 aliphatic carbocycles. The van der Waals surface area contributed by atoms with Crippen molar-refractivity contribution in [1.29, 1.82) is 0 Å². The van der Waals surface area contributed by atoms with Gasteiger partial charge in [-0.05, 0) is 23.8 Å². The van der Waals surface area contributed by atoms with Crippen LogP contribution in [-0.4, -0.2) is 16.6 Å². The average Bonchev–Trinajstić information content (AvgIpc) is 2.52. The Morgan fingerprint density at radius 2 is 1.79 bits per heavy atom. The van der Waals surface area contributed by atoms with Crippen LogP contribution in [0.3, 0.4) is 0 Å². The maximum Gasteiger partial charge on any atom is 0.271 e. The number of thioether (sulfide) groups is 1. The molecule has 0 aliphatic heterocycles. The van der Waals surface area contributed by atoms with Gasteiger partial charge in [0.2, 0.25) is 5.91 Å². The van der Waals surface area contributed by atoms with Gasteiger partial charge in [-0.3, -0.25) is 14.9 Å². The van der Waals surface area contributed by atoms with E-state index in [1.165, 1.54) is 30.0 Å². The summed E-state index contributed by atoms with van der Waals surface area (Å²) in [4.78, 5) is 22.2. The highest BCUT2D eigenvalue weighted by Crippen LogP contribution is 2.29. The molecule has 0 radical (unpaired) electrons. The second-order valence-electron chi connectivity index (χ2n) is 4.66. The molecule has 0 aliphatic rings. The molecule has 0 unspecified atom stereocenters. The van der Waals surface area contributed by atoms with E-state index in [2.05, 4.69) is 5.32 Å². The molecule has 5 nitrogen and oxygen atoms in total. The standard InChI is InChI=1S/C15H11Cl3N2O3S/c16-11-2-1-3-12(17)10(11)7-24-8-15(21)19-14-6-9(20(22)23)4-5-13(14)18/h1-6H,7-8H2,(H,19,21). The number of rotatable bonds is 6. The Morgan fingerprint density at radius 1 is 1.12 bits per heavy atom. The first-order valence-corrected chi connectivity index (χ1v) is 8.91. The summed E-state index contributed by atoms with van der Waals surface area (Å²) in [7, 11) is 0. The molecule has 2 aromatic carbocycles. The molecular formula is C15H11Cl3N2O3S. The SMILES string of the molecule is O=C(CSCc1c(Cl)cccc1Cl)Nc1cc([N+](=O)[O-])ccc1Cl. The van der Waals surface area contributed by atoms with Crippen LogP contribution in [0.25, 0.3) is 0 Å². The third-order valence-corrected chi connectivity index (χ3v) is 4.97. The Labute approximate surface area is 157 Å². The second kappa shape index (κ2) is 8.58. The van der Waals surface area contributed by atoms with Gasteiger partial charge in [0.25, 0.3) is 5.69 Å². The number of benzene rings is 2. The minimum absolute atomic E-state index is 0.126. The number of nitrogens with one attached hydrogen (secondary N) is 1. The van der Waals surface area contributed by atoms with Crippen molar-refractivity contribution < 1.29 is 9.72 Å². The number of anilines is 1. The van der Waals surface area contributed by atoms with Crippen molar-refractivity contribution >= 4 is 63.8 Å². The quantitative estimate of drug-likeness (QED) is 0.514. The summed E-state index contributed by atoms with van der Waals surface area (Å²) in [6.07, 6.45) is 0. The average molecular weight is 406 g/mol. The minimum atomic E-state index is -0.555. The summed E-state index contributed by atoms with van der Waals surface area (Å²) in [5.74, 6) is 0.264. The van der Waals surface area contributed by atoms with Crippen molar-refractivity contribution in [2.24, 2.45) is 0 Å². The summed E-state index contributed by atoms with van der Waals surface area (Å²) in [6.45, 7) is 0. The lowest BCUT2D eigenvalue weighted by Crippen LogP contribution is -2.14. The highest BCUT2D eigenvalue weighted by Gasteiger charge is 2.13. The number of nitro benzene ring substituents is 1. The van der Waals surface area contributed by atoms with Crippen molar-refractivity contribution in [2.45, 2.75) is 5.75 Å². The Bertz CT molecular complexity index is 766. The topological polar surface area (TPSA) is 72.2 Å². The van der Waals surface area contributed by atoms with E-state index in [0.29, 0.717) is 15.8 Å². The summed E-state index contributed by atoms with van der Waals surface area (Å²) >= 11 is 19.4. The molecule has 0 fully saturated rings. The Hall–Kier alpha value is -1.47. The fourth-order valence-corrected chi connectivity index (χ4v) is 3.55. The maximum atomic E-state index is 12.0. The van der Waals surface area contributed by atoms with E-state index in [1.807, 2.05) is 0 Å². The molecule has 0 heterocycles. The van der Waals surface area contributed by atoms with Gasteiger partial charge >= 0.3 is 0 Å². The lowest BCUT2D eigenvalue weighted by atomic mass is 10.2. The summed E-state index contributed by atoms with van der Waals surface area (Å²) in [6, 6.07) is 9.06. The first-order chi connectivity index (χ1) is 11.4. The minimum Gasteiger partial charge on any atom is -0.324 e. The number of carbonyl (C=O) groups excluding carboxylic acids is 1. The van der Waals surface area contributed by atoms with Gasteiger partial charge < -0.3 is 5.32 Å². The van der Waals surface area contributed by atoms with Crippen LogP contribution in [0.2, 0.25) is 15.1 Å². The molecule has 0 aromatic heterocycles. The molecule has 0 spiro atoms. The lowest BCUT2D eigenvalue weighted by Gasteiger charge is -2.08. The monoisotopic (exact) mass is 404 g/mol. The summed E-state index contributed by atoms with van der Waals surface area (Å²) in [5.41, 5.74) is 0.810. The van der Waals surface area contributed by atoms with Crippen LogP contribution in [0.1, 0.15) is 5.56 Å². The van der Waals surface area contributed by atoms with Gasteiger partial charge in [-0.1, -0.05) is 40.9 Å². The van der Waals surface area contributed by atoms with Crippen LogP contribution in [0.5, 0.6) is 0 Å². The van der Waals surface area contributed by atoms with Gasteiger partial charge in [-0.25, -0.2) is 0 Å². The predicted octanol–water partition coefficient (Wildman–Crippen LogP) is 5.43. The molecule has 24 heavy (non-hydrogen) atoms. The second-order valence-corrected chi connectivity index (χ2v) is 6.87. The van der Waals surface area contributed by atoms with E-state index in [0.717, 1.165) is 5.56 Å². The third kappa shape index (κ3) is 5.01. The van der Waals surface area contributed by atoms with Crippen LogP contribution >= 0.6 is 46.6 Å². The smallest absolute Gasteiger partial charge is 0.271 e. The van der Waals surface area contributed by atoms with Crippen LogP contribution in [0, 0.1) is 10.1 Å². The fourth-order valence-electron chi connectivity index (χ4n) is 1.82. The van der Waals surface area contributed by atoms with Crippen LogP contribution in [0.15, 0.2) is 36.4 Å². The number of hydrogen-bond acceptors (Lipinski definition) is 4. The molecule has 9 heteroatoms. The number of carbonyl (C=O) groups is 1. The summed E-state index contributed by atoms with van der Waals surface area (Å²) < 4.78 is 0. The molecular weight excluding hydrogens is 395 g/mol. The normalized spacial score (nSPS) is 10.5. The number of halogens is 3. The Balaban J connectivity index is 1.94. The molecule has 1 N–H and O–H groups in total. The van der Waals surface area contributed by atoms with Crippen molar-refractivity contribution in [3.63, 3.8) is 0 Å². The highest BCUT2D eigenvalue weighted by atomic mass is 35.5. The van der Waals surface area contributed by atoms with Gasteiger partial charge in [0.05, 0.1) is 21.4 Å². The largest absolute Gasteiger partial charge is 0.324 e. The van der Waals surface area contributed by atoms with E-state index in [1.54, 1.807) is 18.2 Å². The fraction of sp³-hybridized carbons (Fsp3) is 0.133. The van der Waals surface area contributed by atoms with E-state index >= 15 is 0 Å². The van der Waals surface area contributed by atoms with Crippen molar-refractivity contribution in [2.75, 3.05) is 11.1 Å². The zero-order valence-electron chi connectivity index (χ0n) is 12.1. The number of amides is 1. The first-order valence-electron chi connectivity index (χ1n) is 6.63. The Kier molecular flexibility index (Phi) is 6.74. The van der Waals surface area contributed by atoms with E-state index < -0.39 is 4.92 Å². The van der Waals surface area contributed by atoms with Gasteiger partial charge in [0.1, 0.15) is 0 Å². The highest BCUT2D eigenvalue weighted by molar-refractivity contribution is 7.99. The number of nitro groups is 1. The van der Waals surface area contributed by atoms with Crippen LogP contribution < -0.4 is 5.32 Å². The third-order valence-electron chi connectivity index (χ3n) is 2.98. The van der Waals surface area contributed by atoms with Gasteiger partial charge in [0.15, 0.2) is 0 Å². The number of hydrogen-bond donors (Lipinski definition) is 1. The molecule has 0 bridgehead atoms. The van der Waals surface area contributed by atoms with E-state index in [-0.39, 0.29) is 28.1 Å². The lowest BCUT2D eigenvalue weighted by molar-refractivity contribution is -0.384. The zero-order chi connectivity index (χ0) is 17.7. The van der Waals surface area contributed by atoms with E-state index in [9.17, 15) is 14.9 Å². The zero-order valence-corrected chi connectivity index (χ0v) is 15.2. The molecule has 126 valence electrons. The predicted molar refractivity (Wildman–Crippen MR) is 99.4 cm³/mol. The molecule has 1 amide bonds. The molecule has 0 saturated heterocycles. The first kappa shape index (κ1) is 18.9. The molecule has 2 aromatic rings. The van der Waals surface area contributed by atoms with Gasteiger partial charge in [0, 0.05) is 27.9 Å². The van der Waals surface area contributed by atoms with Gasteiger partial charge in [-0.15, -0.1) is 11.8 Å². The van der Waals surface area contributed by atoms with Crippen LogP contribution in [0.4, 0.5) is 11.4 Å². The van der Waals surface area contributed by atoms with Crippen LogP contribution in [-0.2, 0) is 10.5 Å². The van der Waals surface area contributed by atoms with Gasteiger partial charge in [-0.2, -0.15) is 0 Å². The summed E-state index contributed by atoms with van der Waals surface area (Å²) in [5, 5.41) is 14.6. The molecule has 0 atom stereocenters. The number of non-ortho nitro benzene ring substituents is 1. The molecule has 0 saturated carbocycles. The molecule has 2 rings (SSSR count). The van der Waals surface area contributed by atoms with E-state index in [4.69, 9.17) is 34.8 Å². The Morgan fingerprint density at radius 3 is 2.42 bits per heavy atom. The maximum absolute atomic E-state index is 12.0. The number of nitrogens with zero attached hydrogens (tertiary/aromatic N) is 1. The van der Waals surface area contributed by atoms with Crippen molar-refractivity contribution in [1.82, 2.24) is 0 Å². The van der Waals surface area contributed by atoms with Crippen molar-refractivity contribution in [3.05, 3.63) is 67.1 Å². The van der Waals surface area contributed by atoms with Crippen molar-refractivity contribution in [3.8, 4) is 0 Å².